The molecule has 0 aromatic carbocycles. The molecule has 0 aromatic rings. The molecule has 0 atom stereocenters. The zero-order valence-electron chi connectivity index (χ0n) is 15.5. The van der Waals surface area contributed by atoms with Crippen LogP contribution in [-0.2, 0) is 0 Å². The van der Waals surface area contributed by atoms with E-state index in [-0.39, 0.29) is 0 Å². The molecule has 0 heteroatoms. The van der Waals surface area contributed by atoms with E-state index in [0.717, 1.165) is 25.7 Å². The van der Waals surface area contributed by atoms with Gasteiger partial charge >= 0.3 is 0 Å². The lowest BCUT2D eigenvalue weighted by Gasteiger charge is -1.97. The normalized spacial score (nSPS) is 9.08. The molecule has 0 fully saturated rings. The fraction of sp³-hybridized carbons (Fsp3) is 0.667. The quantitative estimate of drug-likeness (QED) is 0.253. The molecule has 0 aromatic heterocycles. The Bertz CT molecular complexity index is 415. The van der Waals surface area contributed by atoms with E-state index in [1.165, 1.54) is 77.0 Å². The molecule has 0 N–H and O–H groups in total. The Morgan fingerprint density at radius 1 is 0.375 bits per heavy atom. The standard InChI is InChI=1S/C24H34/c1-3-5-7-9-11-13-15-17-19-21-23-24-22-20-18-16-14-12-10-8-6-4-2/h1-2H,5-20H2. The van der Waals surface area contributed by atoms with E-state index in [1.54, 1.807) is 0 Å². The first kappa shape index (κ1) is 22.2. The third-order valence-corrected chi connectivity index (χ3v) is 3.99. The van der Waals surface area contributed by atoms with Crippen LogP contribution in [0.5, 0.6) is 0 Å². The van der Waals surface area contributed by atoms with Crippen molar-refractivity contribution in [2.24, 2.45) is 0 Å². The molecule has 0 spiro atoms. The van der Waals surface area contributed by atoms with Gasteiger partial charge in [0, 0.05) is 25.7 Å². The van der Waals surface area contributed by atoms with Gasteiger partial charge in [-0.2, -0.15) is 0 Å². The summed E-state index contributed by atoms with van der Waals surface area (Å²) in [5.74, 6) is 17.7. The average molecular weight is 323 g/mol. The summed E-state index contributed by atoms with van der Waals surface area (Å²) in [6, 6.07) is 0. The zero-order valence-corrected chi connectivity index (χ0v) is 15.5. The van der Waals surface area contributed by atoms with E-state index in [1.807, 2.05) is 0 Å². The van der Waals surface area contributed by atoms with Gasteiger partial charge in [0.05, 0.1) is 0 Å². The zero-order chi connectivity index (χ0) is 17.6. The Morgan fingerprint density at radius 2 is 0.667 bits per heavy atom. The maximum atomic E-state index is 5.23. The molecule has 0 rings (SSSR count). The summed E-state index contributed by atoms with van der Waals surface area (Å²) in [4.78, 5) is 0. The Morgan fingerprint density at radius 3 is 1.00 bits per heavy atom. The van der Waals surface area contributed by atoms with Crippen molar-refractivity contribution < 1.29 is 0 Å². The number of terminal acetylenes is 2. The summed E-state index contributed by atoms with van der Waals surface area (Å²) >= 11 is 0. The number of hydrogen-bond acceptors (Lipinski definition) is 0. The van der Waals surface area contributed by atoms with Gasteiger partial charge in [0.25, 0.3) is 0 Å². The van der Waals surface area contributed by atoms with Gasteiger partial charge in [-0.15, -0.1) is 24.7 Å². The van der Waals surface area contributed by atoms with Crippen LogP contribution in [0.15, 0.2) is 0 Å². The van der Waals surface area contributed by atoms with Gasteiger partial charge in [0.1, 0.15) is 0 Å². The summed E-state index contributed by atoms with van der Waals surface area (Å²) < 4.78 is 0. The van der Waals surface area contributed by atoms with E-state index in [2.05, 4.69) is 35.5 Å². The molecule has 0 aliphatic heterocycles. The van der Waals surface area contributed by atoms with Crippen molar-refractivity contribution in [3.63, 3.8) is 0 Å². The van der Waals surface area contributed by atoms with E-state index in [9.17, 15) is 0 Å². The minimum absolute atomic E-state index is 0.927. The van der Waals surface area contributed by atoms with E-state index in [4.69, 9.17) is 12.8 Å². The summed E-state index contributed by atoms with van der Waals surface area (Å²) in [5.41, 5.74) is 0. The lowest BCUT2D eigenvalue weighted by molar-refractivity contribution is 0.604. The molecule has 0 saturated heterocycles. The first-order valence-corrected chi connectivity index (χ1v) is 9.74. The topological polar surface area (TPSA) is 0 Å². The Hall–Kier alpha value is -1.76. The molecular formula is C24H34. The highest BCUT2D eigenvalue weighted by Gasteiger charge is 1.90. The third kappa shape index (κ3) is 20.2. The second-order valence-corrected chi connectivity index (χ2v) is 6.25. The van der Waals surface area contributed by atoms with Crippen LogP contribution in [0, 0.1) is 48.4 Å². The van der Waals surface area contributed by atoms with Crippen molar-refractivity contribution in [3.05, 3.63) is 0 Å². The second-order valence-electron chi connectivity index (χ2n) is 6.25. The van der Waals surface area contributed by atoms with Crippen molar-refractivity contribution in [1.82, 2.24) is 0 Å². The van der Waals surface area contributed by atoms with Gasteiger partial charge in [-0.25, -0.2) is 0 Å². The minimum atomic E-state index is 0.927. The smallest absolute Gasteiger partial charge is 0.00989 e. The van der Waals surface area contributed by atoms with Crippen LogP contribution in [-0.4, -0.2) is 0 Å². The first-order valence-electron chi connectivity index (χ1n) is 9.74. The Balaban J connectivity index is 3.26. The largest absolute Gasteiger partial charge is 0.120 e. The number of unbranched alkanes of at least 4 members (excludes halogenated alkanes) is 14. The van der Waals surface area contributed by atoms with Gasteiger partial charge in [-0.3, -0.25) is 0 Å². The summed E-state index contributed by atoms with van der Waals surface area (Å²) in [6.45, 7) is 0. The molecule has 0 aliphatic rings. The number of hydrogen-bond donors (Lipinski definition) is 0. The van der Waals surface area contributed by atoms with Crippen LogP contribution in [0.2, 0.25) is 0 Å². The van der Waals surface area contributed by atoms with Crippen molar-refractivity contribution in [1.29, 1.82) is 0 Å². The predicted octanol–water partition coefficient (Wildman–Crippen LogP) is 6.50. The SMILES string of the molecule is C#CCCCCCCCCC#CC#CCCCCCCCCC#C. The van der Waals surface area contributed by atoms with Crippen LogP contribution >= 0.6 is 0 Å². The highest BCUT2D eigenvalue weighted by Crippen LogP contribution is 2.08. The van der Waals surface area contributed by atoms with Gasteiger partial charge in [0.2, 0.25) is 0 Å². The summed E-state index contributed by atoms with van der Waals surface area (Å²) in [7, 11) is 0. The fourth-order valence-corrected chi connectivity index (χ4v) is 2.51. The predicted molar refractivity (Wildman–Crippen MR) is 107 cm³/mol. The van der Waals surface area contributed by atoms with E-state index >= 15 is 0 Å². The lowest BCUT2D eigenvalue weighted by Crippen LogP contribution is -1.79. The maximum Gasteiger partial charge on any atom is 0.00989 e. The third-order valence-electron chi connectivity index (χ3n) is 3.99. The van der Waals surface area contributed by atoms with Crippen LogP contribution in [0.25, 0.3) is 0 Å². The van der Waals surface area contributed by atoms with Gasteiger partial charge in [-0.05, 0) is 37.5 Å². The molecule has 0 amide bonds. The maximum absolute atomic E-state index is 5.23. The molecule has 0 heterocycles. The molecule has 0 aliphatic carbocycles. The summed E-state index contributed by atoms with van der Waals surface area (Å²) in [6.07, 6.45) is 29.3. The molecule has 0 nitrogen and oxygen atoms in total. The van der Waals surface area contributed by atoms with E-state index < -0.39 is 0 Å². The summed E-state index contributed by atoms with van der Waals surface area (Å²) in [5, 5.41) is 0. The van der Waals surface area contributed by atoms with Crippen LogP contribution in [0.3, 0.4) is 0 Å². The highest BCUT2D eigenvalue weighted by molar-refractivity contribution is 5.25. The molecule has 0 bridgehead atoms. The molecule has 0 unspecified atom stereocenters. The molecule has 24 heavy (non-hydrogen) atoms. The van der Waals surface area contributed by atoms with Crippen LogP contribution in [0.4, 0.5) is 0 Å². The van der Waals surface area contributed by atoms with Crippen molar-refractivity contribution in [3.8, 4) is 48.4 Å². The van der Waals surface area contributed by atoms with Crippen molar-refractivity contribution in [2.75, 3.05) is 0 Å². The monoisotopic (exact) mass is 322 g/mol. The Labute approximate surface area is 151 Å². The van der Waals surface area contributed by atoms with Gasteiger partial charge in [-0.1, -0.05) is 63.2 Å². The second kappa shape index (κ2) is 21.2. The number of rotatable bonds is 14. The average Bonchev–Trinajstić information content (AvgIpc) is 2.60. The Kier molecular flexibility index (Phi) is 19.7. The lowest BCUT2D eigenvalue weighted by atomic mass is 10.1. The van der Waals surface area contributed by atoms with Gasteiger partial charge < -0.3 is 0 Å². The molecule has 0 radical (unpaired) electrons. The molecular weight excluding hydrogens is 288 g/mol. The van der Waals surface area contributed by atoms with Gasteiger partial charge in [0.15, 0.2) is 0 Å². The van der Waals surface area contributed by atoms with Crippen LogP contribution < -0.4 is 0 Å². The van der Waals surface area contributed by atoms with Crippen LogP contribution in [0.1, 0.15) is 103 Å². The van der Waals surface area contributed by atoms with Crippen molar-refractivity contribution >= 4 is 0 Å². The molecule has 0 saturated carbocycles. The first-order chi connectivity index (χ1) is 11.9. The molecule has 130 valence electrons. The minimum Gasteiger partial charge on any atom is -0.120 e. The highest BCUT2D eigenvalue weighted by atomic mass is 14.0. The van der Waals surface area contributed by atoms with Crippen molar-refractivity contribution in [2.45, 2.75) is 103 Å². The van der Waals surface area contributed by atoms with E-state index in [0.29, 0.717) is 0 Å². The fourth-order valence-electron chi connectivity index (χ4n) is 2.51.